The van der Waals surface area contributed by atoms with E-state index in [1.54, 1.807) is 6.92 Å². The summed E-state index contributed by atoms with van der Waals surface area (Å²) in [5, 5.41) is 17.7. The third-order valence-electron chi connectivity index (χ3n) is 1.54. The molecule has 0 amide bonds. The van der Waals surface area contributed by atoms with Gasteiger partial charge in [0, 0.05) is 0 Å². The zero-order chi connectivity index (χ0) is 10.7. The smallest absolute Gasteiger partial charge is 0.337 e. The molecular formula is C8H7NO5. The van der Waals surface area contributed by atoms with E-state index in [-0.39, 0.29) is 11.3 Å². The van der Waals surface area contributed by atoms with Crippen LogP contribution in [0.5, 0.6) is 5.75 Å². The van der Waals surface area contributed by atoms with Crippen molar-refractivity contribution in [2.45, 2.75) is 6.92 Å². The van der Waals surface area contributed by atoms with Gasteiger partial charge in [0.15, 0.2) is 0 Å². The van der Waals surface area contributed by atoms with E-state index in [1.807, 2.05) is 0 Å². The van der Waals surface area contributed by atoms with E-state index in [2.05, 4.69) is 4.84 Å². The largest absolute Gasteiger partial charge is 0.478 e. The topological polar surface area (TPSA) is 89.7 Å². The van der Waals surface area contributed by atoms with Crippen LogP contribution in [-0.2, 0) is 0 Å². The maximum atomic E-state index is 10.6. The van der Waals surface area contributed by atoms with Crippen LogP contribution < -0.4 is 4.84 Å². The normalized spacial score (nSPS) is 9.50. The van der Waals surface area contributed by atoms with Crippen molar-refractivity contribution >= 4 is 5.97 Å². The summed E-state index contributed by atoms with van der Waals surface area (Å²) < 4.78 is 0. The maximum Gasteiger partial charge on any atom is 0.337 e. The third kappa shape index (κ3) is 2.19. The lowest BCUT2D eigenvalue weighted by molar-refractivity contribution is -0.711. The fraction of sp³-hybridized carbons (Fsp3) is 0.125. The van der Waals surface area contributed by atoms with E-state index in [0.717, 1.165) is 0 Å². The Bertz CT molecular complexity index is 387. The van der Waals surface area contributed by atoms with Gasteiger partial charge in [-0.15, -0.1) is 10.1 Å². The summed E-state index contributed by atoms with van der Waals surface area (Å²) in [5.74, 6) is -1.52. The molecule has 0 bridgehead atoms. The van der Waals surface area contributed by atoms with Crippen molar-refractivity contribution < 1.29 is 19.8 Å². The van der Waals surface area contributed by atoms with Crippen LogP contribution in [-0.4, -0.2) is 16.2 Å². The summed E-state index contributed by atoms with van der Waals surface area (Å²) in [4.78, 5) is 24.8. The van der Waals surface area contributed by atoms with Gasteiger partial charge in [0.1, 0.15) is 5.75 Å². The number of rotatable bonds is 3. The van der Waals surface area contributed by atoms with Crippen LogP contribution in [0.2, 0.25) is 0 Å². The fourth-order valence-electron chi connectivity index (χ4n) is 0.962. The van der Waals surface area contributed by atoms with Gasteiger partial charge in [0.2, 0.25) is 0 Å². The Hall–Kier alpha value is -2.11. The predicted octanol–water partition coefficient (Wildman–Crippen LogP) is 1.26. The number of aryl methyl sites for hydroxylation is 1. The van der Waals surface area contributed by atoms with Crippen molar-refractivity contribution in [1.82, 2.24) is 0 Å². The Morgan fingerprint density at radius 3 is 2.71 bits per heavy atom. The van der Waals surface area contributed by atoms with Gasteiger partial charge in [0.05, 0.1) is 5.56 Å². The lowest BCUT2D eigenvalue weighted by Crippen LogP contribution is -2.08. The first-order valence-corrected chi connectivity index (χ1v) is 3.67. The molecule has 6 nitrogen and oxygen atoms in total. The lowest BCUT2D eigenvalue weighted by Gasteiger charge is -2.03. The zero-order valence-electron chi connectivity index (χ0n) is 7.26. The number of carbonyl (C=O) groups is 1. The van der Waals surface area contributed by atoms with Gasteiger partial charge in [0.25, 0.3) is 5.09 Å². The van der Waals surface area contributed by atoms with Crippen molar-refractivity contribution in [3.05, 3.63) is 39.4 Å². The quantitative estimate of drug-likeness (QED) is 0.581. The molecule has 14 heavy (non-hydrogen) atoms. The van der Waals surface area contributed by atoms with Crippen molar-refractivity contribution in [2.24, 2.45) is 0 Å². The van der Waals surface area contributed by atoms with Crippen LogP contribution in [0, 0.1) is 17.0 Å². The van der Waals surface area contributed by atoms with Crippen molar-refractivity contribution in [2.75, 3.05) is 0 Å². The third-order valence-corrected chi connectivity index (χ3v) is 1.54. The van der Waals surface area contributed by atoms with Crippen LogP contribution >= 0.6 is 0 Å². The van der Waals surface area contributed by atoms with Gasteiger partial charge < -0.3 is 5.11 Å². The average molecular weight is 197 g/mol. The van der Waals surface area contributed by atoms with E-state index in [9.17, 15) is 14.9 Å². The molecule has 0 aliphatic rings. The van der Waals surface area contributed by atoms with Gasteiger partial charge in [-0.1, -0.05) is 6.07 Å². The average Bonchev–Trinajstić information content (AvgIpc) is 2.01. The first kappa shape index (κ1) is 9.97. The lowest BCUT2D eigenvalue weighted by atomic mass is 10.1. The number of carboxylic acids is 1. The standard InChI is InChI=1S/C8H7NO5/c1-5-2-3-6(8(10)11)7(4-5)14-9(12)13/h2-4H,1H3,(H,10,11). The van der Waals surface area contributed by atoms with E-state index in [4.69, 9.17) is 5.11 Å². The molecule has 0 aromatic heterocycles. The van der Waals surface area contributed by atoms with Crippen molar-refractivity contribution in [3.63, 3.8) is 0 Å². The van der Waals surface area contributed by atoms with Gasteiger partial charge in [-0.25, -0.2) is 4.79 Å². The molecule has 74 valence electrons. The Morgan fingerprint density at radius 2 is 2.21 bits per heavy atom. The first-order chi connectivity index (χ1) is 6.50. The second-order valence-electron chi connectivity index (χ2n) is 2.62. The highest BCUT2D eigenvalue weighted by Crippen LogP contribution is 2.20. The number of benzene rings is 1. The van der Waals surface area contributed by atoms with Crippen LogP contribution in [0.3, 0.4) is 0 Å². The minimum absolute atomic E-state index is 0.229. The molecule has 0 radical (unpaired) electrons. The number of nitrogens with zero attached hydrogens (tertiary/aromatic N) is 1. The molecule has 0 heterocycles. The molecule has 0 aliphatic carbocycles. The minimum Gasteiger partial charge on any atom is -0.478 e. The Balaban J connectivity index is 3.15. The molecule has 0 saturated carbocycles. The second kappa shape index (κ2) is 3.73. The van der Waals surface area contributed by atoms with E-state index < -0.39 is 11.1 Å². The number of carboxylic acid groups (broad SMARTS) is 1. The Morgan fingerprint density at radius 1 is 1.57 bits per heavy atom. The van der Waals surface area contributed by atoms with Crippen molar-refractivity contribution in [3.8, 4) is 5.75 Å². The molecular weight excluding hydrogens is 190 g/mol. The molecule has 0 unspecified atom stereocenters. The maximum absolute atomic E-state index is 10.6. The highest BCUT2D eigenvalue weighted by Gasteiger charge is 2.12. The molecule has 0 fully saturated rings. The summed E-state index contributed by atoms with van der Waals surface area (Å²) in [7, 11) is 0. The number of aromatic carboxylic acids is 1. The minimum atomic E-state index is -1.26. The Labute approximate surface area is 78.8 Å². The monoisotopic (exact) mass is 197 g/mol. The van der Waals surface area contributed by atoms with Gasteiger partial charge in [-0.05, 0) is 24.6 Å². The summed E-state index contributed by atoms with van der Waals surface area (Å²) in [6.45, 7) is 1.68. The predicted molar refractivity (Wildman–Crippen MR) is 45.8 cm³/mol. The summed E-state index contributed by atoms with van der Waals surface area (Å²) in [6.07, 6.45) is 0. The number of hydrogen-bond acceptors (Lipinski definition) is 4. The molecule has 1 N–H and O–H groups in total. The van der Waals surface area contributed by atoms with Crippen LogP contribution in [0.25, 0.3) is 0 Å². The van der Waals surface area contributed by atoms with Gasteiger partial charge >= 0.3 is 5.97 Å². The fourth-order valence-corrected chi connectivity index (χ4v) is 0.962. The summed E-state index contributed by atoms with van der Waals surface area (Å²) >= 11 is 0. The summed E-state index contributed by atoms with van der Waals surface area (Å²) in [6, 6.07) is 4.10. The Kier molecular flexibility index (Phi) is 2.66. The molecule has 1 aromatic carbocycles. The van der Waals surface area contributed by atoms with Crippen LogP contribution in [0.4, 0.5) is 0 Å². The highest BCUT2D eigenvalue weighted by molar-refractivity contribution is 5.90. The molecule has 1 aromatic rings. The van der Waals surface area contributed by atoms with Crippen LogP contribution in [0.15, 0.2) is 18.2 Å². The van der Waals surface area contributed by atoms with Crippen LogP contribution in [0.1, 0.15) is 15.9 Å². The molecule has 0 atom stereocenters. The molecule has 0 spiro atoms. The summed E-state index contributed by atoms with van der Waals surface area (Å²) in [5.41, 5.74) is 0.458. The molecule has 0 aliphatic heterocycles. The number of hydrogen-bond donors (Lipinski definition) is 1. The van der Waals surface area contributed by atoms with Gasteiger partial charge in [-0.2, -0.15) is 0 Å². The van der Waals surface area contributed by atoms with E-state index in [1.165, 1.54) is 18.2 Å². The molecule has 1 rings (SSSR count). The van der Waals surface area contributed by atoms with E-state index in [0.29, 0.717) is 5.56 Å². The van der Waals surface area contributed by atoms with Gasteiger partial charge in [-0.3, -0.25) is 4.84 Å². The molecule has 0 saturated heterocycles. The molecule has 6 heteroatoms. The SMILES string of the molecule is Cc1ccc(C(=O)O)c(O[N+](=O)[O-])c1. The zero-order valence-corrected chi connectivity index (χ0v) is 7.26. The second-order valence-corrected chi connectivity index (χ2v) is 2.62. The first-order valence-electron chi connectivity index (χ1n) is 3.67. The highest BCUT2D eigenvalue weighted by atomic mass is 17.0. The van der Waals surface area contributed by atoms with E-state index >= 15 is 0 Å². The van der Waals surface area contributed by atoms with Crippen molar-refractivity contribution in [1.29, 1.82) is 0 Å².